The second-order valence-electron chi connectivity index (χ2n) is 6.63. The van der Waals surface area contributed by atoms with Crippen molar-refractivity contribution in [2.75, 3.05) is 0 Å². The normalized spacial score (nSPS) is 29.3. The molecule has 0 radical (unpaired) electrons. The molecule has 3 N–H and O–H groups in total. The summed E-state index contributed by atoms with van der Waals surface area (Å²) in [4.78, 5) is 0. The first kappa shape index (κ1) is 13.6. The maximum Gasteiger partial charge on any atom is 0.0761 e. The van der Waals surface area contributed by atoms with Crippen LogP contribution in [0.15, 0.2) is 24.3 Å². The monoisotopic (exact) mass is 247 g/mol. The molecule has 1 aromatic rings. The number of aliphatic hydroxyl groups is 1. The molecule has 0 aromatic heterocycles. The van der Waals surface area contributed by atoms with Crippen molar-refractivity contribution in [1.82, 2.24) is 0 Å². The van der Waals surface area contributed by atoms with Gasteiger partial charge in [-0.05, 0) is 29.4 Å². The summed E-state index contributed by atoms with van der Waals surface area (Å²) in [6.07, 6.45) is 3.46. The van der Waals surface area contributed by atoms with Crippen LogP contribution < -0.4 is 5.73 Å². The molecule has 1 saturated carbocycles. The first-order valence-corrected chi connectivity index (χ1v) is 6.92. The molecule has 0 unspecified atom stereocenters. The van der Waals surface area contributed by atoms with Crippen LogP contribution in [0.5, 0.6) is 0 Å². The molecule has 18 heavy (non-hydrogen) atoms. The minimum absolute atomic E-state index is 0.117. The highest BCUT2D eigenvalue weighted by Gasteiger charge is 2.38. The summed E-state index contributed by atoms with van der Waals surface area (Å²) in [6.45, 7) is 6.60. The van der Waals surface area contributed by atoms with Gasteiger partial charge in [-0.25, -0.2) is 0 Å². The van der Waals surface area contributed by atoms with Crippen molar-refractivity contribution >= 4 is 0 Å². The molecule has 1 aromatic carbocycles. The van der Waals surface area contributed by atoms with Gasteiger partial charge in [-0.15, -0.1) is 0 Å². The van der Waals surface area contributed by atoms with Crippen molar-refractivity contribution < 1.29 is 5.11 Å². The maximum atomic E-state index is 10.3. The third-order valence-corrected chi connectivity index (χ3v) is 4.18. The molecule has 2 nitrogen and oxygen atoms in total. The summed E-state index contributed by atoms with van der Waals surface area (Å²) in [5.41, 5.74) is 8.41. The highest BCUT2D eigenvalue weighted by Crippen LogP contribution is 2.36. The molecule has 0 bridgehead atoms. The van der Waals surface area contributed by atoms with E-state index in [1.165, 1.54) is 5.56 Å². The van der Waals surface area contributed by atoms with Crippen LogP contribution in [0.1, 0.15) is 57.6 Å². The lowest BCUT2D eigenvalue weighted by Gasteiger charge is -2.39. The van der Waals surface area contributed by atoms with Crippen molar-refractivity contribution in [3.8, 4) is 0 Å². The van der Waals surface area contributed by atoms with E-state index >= 15 is 0 Å². The van der Waals surface area contributed by atoms with Crippen LogP contribution in [0.25, 0.3) is 0 Å². The van der Waals surface area contributed by atoms with Crippen molar-refractivity contribution in [2.45, 2.75) is 63.5 Å². The van der Waals surface area contributed by atoms with Gasteiger partial charge in [0.25, 0.3) is 0 Å². The average Bonchev–Trinajstić information content (AvgIpc) is 2.32. The highest BCUT2D eigenvalue weighted by atomic mass is 16.3. The summed E-state index contributed by atoms with van der Waals surface area (Å²) < 4.78 is 0. The first-order chi connectivity index (χ1) is 8.34. The molecule has 0 aliphatic heterocycles. The van der Waals surface area contributed by atoms with E-state index in [-0.39, 0.29) is 5.41 Å². The van der Waals surface area contributed by atoms with Gasteiger partial charge >= 0.3 is 0 Å². The van der Waals surface area contributed by atoms with Gasteiger partial charge in [0.1, 0.15) is 0 Å². The molecule has 1 aliphatic carbocycles. The molecule has 2 rings (SSSR count). The van der Waals surface area contributed by atoms with E-state index in [4.69, 9.17) is 5.73 Å². The van der Waals surface area contributed by atoms with Gasteiger partial charge in [-0.2, -0.15) is 0 Å². The van der Waals surface area contributed by atoms with E-state index in [2.05, 4.69) is 45.0 Å². The van der Waals surface area contributed by atoms with Gasteiger partial charge in [0.15, 0.2) is 0 Å². The van der Waals surface area contributed by atoms with E-state index in [9.17, 15) is 5.11 Å². The zero-order chi connectivity index (χ0) is 13.4. The molecule has 2 heteroatoms. The van der Waals surface area contributed by atoms with E-state index in [1.807, 2.05) is 0 Å². The highest BCUT2D eigenvalue weighted by molar-refractivity contribution is 5.34. The standard InChI is InChI=1S/C16H25NO/c1-15(2,3)12-7-6-8-13(11-12)16(17)10-5-4-9-14(16)18/h6-8,11,14,18H,4-5,9-10,17H2,1-3H3/t14-,16-/m1/s1. The minimum Gasteiger partial charge on any atom is -0.391 e. The van der Waals surface area contributed by atoms with Crippen LogP contribution in [0.4, 0.5) is 0 Å². The lowest BCUT2D eigenvalue weighted by molar-refractivity contribution is 0.0449. The smallest absolute Gasteiger partial charge is 0.0761 e. The van der Waals surface area contributed by atoms with E-state index < -0.39 is 11.6 Å². The molecule has 1 aliphatic rings. The molecule has 2 atom stereocenters. The summed E-state index contributed by atoms with van der Waals surface area (Å²) in [5.74, 6) is 0. The lowest BCUT2D eigenvalue weighted by Crippen LogP contribution is -2.50. The fraction of sp³-hybridized carbons (Fsp3) is 0.625. The SMILES string of the molecule is CC(C)(C)c1cccc([C@]2(N)CCCC[C@H]2O)c1. The van der Waals surface area contributed by atoms with Gasteiger partial charge in [-0.1, -0.05) is 57.9 Å². The molecule has 0 saturated heterocycles. The van der Waals surface area contributed by atoms with E-state index in [1.54, 1.807) is 0 Å². The second-order valence-corrected chi connectivity index (χ2v) is 6.63. The molecule has 1 fully saturated rings. The number of aliphatic hydroxyl groups excluding tert-OH is 1. The third kappa shape index (κ3) is 2.45. The number of hydrogen-bond donors (Lipinski definition) is 2. The van der Waals surface area contributed by atoms with Gasteiger partial charge in [-0.3, -0.25) is 0 Å². The topological polar surface area (TPSA) is 46.2 Å². The van der Waals surface area contributed by atoms with Crippen LogP contribution in [0.2, 0.25) is 0 Å². The predicted octanol–water partition coefficient (Wildman–Crippen LogP) is 3.07. The average molecular weight is 247 g/mol. The van der Waals surface area contributed by atoms with Crippen LogP contribution in [0.3, 0.4) is 0 Å². The van der Waals surface area contributed by atoms with Crippen molar-refractivity contribution in [3.63, 3.8) is 0 Å². The fourth-order valence-corrected chi connectivity index (χ4v) is 2.79. The predicted molar refractivity (Wildman–Crippen MR) is 75.5 cm³/mol. The Morgan fingerprint density at radius 2 is 2.00 bits per heavy atom. The Morgan fingerprint density at radius 1 is 1.28 bits per heavy atom. The van der Waals surface area contributed by atoms with Gasteiger partial charge in [0, 0.05) is 0 Å². The zero-order valence-electron chi connectivity index (χ0n) is 11.7. The Labute approximate surface area is 110 Å². The molecule has 0 spiro atoms. The molecular weight excluding hydrogens is 222 g/mol. The Kier molecular flexibility index (Phi) is 3.52. The third-order valence-electron chi connectivity index (χ3n) is 4.18. The summed E-state index contributed by atoms with van der Waals surface area (Å²) in [5, 5.41) is 10.3. The summed E-state index contributed by atoms with van der Waals surface area (Å²) in [6, 6.07) is 8.44. The van der Waals surface area contributed by atoms with Crippen LogP contribution >= 0.6 is 0 Å². The molecule has 0 amide bonds. The van der Waals surface area contributed by atoms with Crippen molar-refractivity contribution in [1.29, 1.82) is 0 Å². The summed E-state index contributed by atoms with van der Waals surface area (Å²) in [7, 11) is 0. The summed E-state index contributed by atoms with van der Waals surface area (Å²) >= 11 is 0. The Bertz CT molecular complexity index is 421. The lowest BCUT2D eigenvalue weighted by atomic mass is 9.73. The number of nitrogens with two attached hydrogens (primary N) is 1. The molecule has 0 heterocycles. The van der Waals surface area contributed by atoms with Crippen LogP contribution in [0, 0.1) is 0 Å². The quantitative estimate of drug-likeness (QED) is 0.801. The number of benzene rings is 1. The Morgan fingerprint density at radius 3 is 2.61 bits per heavy atom. The number of rotatable bonds is 1. The Balaban J connectivity index is 2.38. The van der Waals surface area contributed by atoms with Crippen LogP contribution in [-0.4, -0.2) is 11.2 Å². The van der Waals surface area contributed by atoms with Crippen molar-refractivity contribution in [3.05, 3.63) is 35.4 Å². The van der Waals surface area contributed by atoms with Crippen LogP contribution in [-0.2, 0) is 11.0 Å². The maximum absolute atomic E-state index is 10.3. The Hall–Kier alpha value is -0.860. The molecular formula is C16H25NO. The minimum atomic E-state index is -0.556. The fourth-order valence-electron chi connectivity index (χ4n) is 2.79. The zero-order valence-corrected chi connectivity index (χ0v) is 11.7. The van der Waals surface area contributed by atoms with Crippen molar-refractivity contribution in [2.24, 2.45) is 5.73 Å². The van der Waals surface area contributed by atoms with E-state index in [0.717, 1.165) is 31.2 Å². The van der Waals surface area contributed by atoms with Gasteiger partial charge in [0.2, 0.25) is 0 Å². The number of hydrogen-bond acceptors (Lipinski definition) is 2. The second kappa shape index (κ2) is 4.67. The van der Waals surface area contributed by atoms with Gasteiger partial charge in [0.05, 0.1) is 11.6 Å². The molecule has 100 valence electrons. The van der Waals surface area contributed by atoms with Gasteiger partial charge < -0.3 is 10.8 Å². The van der Waals surface area contributed by atoms with E-state index in [0.29, 0.717) is 0 Å². The largest absolute Gasteiger partial charge is 0.391 e. The first-order valence-electron chi connectivity index (χ1n) is 6.92.